The van der Waals surface area contributed by atoms with Crippen molar-refractivity contribution >= 4 is 11.8 Å². The van der Waals surface area contributed by atoms with E-state index >= 15 is 0 Å². The fraction of sp³-hybridized carbons (Fsp3) is 0.857. The summed E-state index contributed by atoms with van der Waals surface area (Å²) in [5.74, 6) is 1.46. The second-order valence-electron chi connectivity index (χ2n) is 6.07. The van der Waals surface area contributed by atoms with Crippen LogP contribution in [0.3, 0.4) is 0 Å². The highest BCUT2D eigenvalue weighted by molar-refractivity contribution is 6.05. The number of imide groups is 1. The van der Waals surface area contributed by atoms with E-state index in [0.717, 1.165) is 24.7 Å². The SMILES string of the molecule is CC(C)C1CCC(NC2CC(=O)N(C)C2=O)CC1. The molecule has 0 aromatic heterocycles. The van der Waals surface area contributed by atoms with E-state index in [1.54, 1.807) is 7.05 Å². The van der Waals surface area contributed by atoms with Crippen molar-refractivity contribution < 1.29 is 9.59 Å². The molecule has 0 aromatic carbocycles. The van der Waals surface area contributed by atoms with Crippen LogP contribution in [0.5, 0.6) is 0 Å². The lowest BCUT2D eigenvalue weighted by Gasteiger charge is -2.32. The predicted octanol–water partition coefficient (Wildman–Crippen LogP) is 1.55. The second-order valence-corrected chi connectivity index (χ2v) is 6.07. The van der Waals surface area contributed by atoms with Gasteiger partial charge in [-0.15, -0.1) is 0 Å². The van der Waals surface area contributed by atoms with Gasteiger partial charge in [0.25, 0.3) is 0 Å². The van der Waals surface area contributed by atoms with Gasteiger partial charge in [-0.3, -0.25) is 14.5 Å². The molecule has 18 heavy (non-hydrogen) atoms. The summed E-state index contributed by atoms with van der Waals surface area (Å²) >= 11 is 0. The normalized spacial score (nSPS) is 33.6. The lowest BCUT2D eigenvalue weighted by Crippen LogP contribution is -2.44. The van der Waals surface area contributed by atoms with Crippen LogP contribution in [-0.2, 0) is 9.59 Å². The van der Waals surface area contributed by atoms with Crippen LogP contribution < -0.4 is 5.32 Å². The molecule has 2 aliphatic rings. The van der Waals surface area contributed by atoms with Crippen LogP contribution in [0, 0.1) is 11.8 Å². The Bertz CT molecular complexity index is 333. The number of carbonyl (C=O) groups is 2. The summed E-state index contributed by atoms with van der Waals surface area (Å²) in [6, 6.07) is 0.136. The fourth-order valence-electron chi connectivity index (χ4n) is 3.12. The molecule has 102 valence electrons. The Hall–Kier alpha value is -0.900. The van der Waals surface area contributed by atoms with E-state index in [4.69, 9.17) is 0 Å². The standard InChI is InChI=1S/C14H24N2O2/c1-9(2)10-4-6-11(7-5-10)15-12-8-13(17)16(3)14(12)18/h9-12,15H,4-8H2,1-3H3. The van der Waals surface area contributed by atoms with E-state index in [1.165, 1.54) is 17.7 Å². The maximum absolute atomic E-state index is 11.8. The minimum absolute atomic E-state index is 0.0617. The van der Waals surface area contributed by atoms with Crippen molar-refractivity contribution in [3.8, 4) is 0 Å². The zero-order valence-corrected chi connectivity index (χ0v) is 11.6. The third-order valence-corrected chi connectivity index (χ3v) is 4.53. The van der Waals surface area contributed by atoms with Crippen LogP contribution in [0.1, 0.15) is 46.0 Å². The van der Waals surface area contributed by atoms with Gasteiger partial charge in [-0.2, -0.15) is 0 Å². The monoisotopic (exact) mass is 252 g/mol. The van der Waals surface area contributed by atoms with Gasteiger partial charge >= 0.3 is 0 Å². The number of amides is 2. The highest BCUT2D eigenvalue weighted by atomic mass is 16.2. The number of rotatable bonds is 3. The van der Waals surface area contributed by atoms with Crippen molar-refractivity contribution in [3.05, 3.63) is 0 Å². The molecule has 4 nitrogen and oxygen atoms in total. The molecule has 1 heterocycles. The zero-order chi connectivity index (χ0) is 13.3. The summed E-state index contributed by atoms with van der Waals surface area (Å²) in [5.41, 5.74) is 0. The van der Waals surface area contributed by atoms with Crippen molar-refractivity contribution in [1.82, 2.24) is 10.2 Å². The topological polar surface area (TPSA) is 49.4 Å². The molecule has 1 aliphatic carbocycles. The third-order valence-electron chi connectivity index (χ3n) is 4.53. The summed E-state index contributed by atoms with van der Waals surface area (Å²) < 4.78 is 0. The summed E-state index contributed by atoms with van der Waals surface area (Å²) in [5, 5.41) is 3.38. The lowest BCUT2D eigenvalue weighted by atomic mass is 9.79. The van der Waals surface area contributed by atoms with E-state index in [1.807, 2.05) is 0 Å². The molecule has 1 aliphatic heterocycles. The molecule has 0 spiro atoms. The average molecular weight is 252 g/mol. The number of hydrogen-bond acceptors (Lipinski definition) is 3. The van der Waals surface area contributed by atoms with Crippen LogP contribution in [0.15, 0.2) is 0 Å². The molecular weight excluding hydrogens is 228 g/mol. The maximum atomic E-state index is 11.8. The molecule has 0 radical (unpaired) electrons. The highest BCUT2D eigenvalue weighted by Gasteiger charge is 2.37. The van der Waals surface area contributed by atoms with Gasteiger partial charge < -0.3 is 5.32 Å². The first kappa shape index (κ1) is 13.5. The molecule has 1 atom stereocenters. The first-order valence-corrected chi connectivity index (χ1v) is 7.05. The van der Waals surface area contributed by atoms with Crippen molar-refractivity contribution in [2.45, 2.75) is 58.0 Å². The van der Waals surface area contributed by atoms with E-state index in [-0.39, 0.29) is 17.9 Å². The van der Waals surface area contributed by atoms with Gasteiger partial charge in [0.1, 0.15) is 0 Å². The van der Waals surface area contributed by atoms with E-state index in [9.17, 15) is 9.59 Å². The lowest BCUT2D eigenvalue weighted by molar-refractivity contribution is -0.137. The Labute approximate surface area is 109 Å². The molecular formula is C14H24N2O2. The van der Waals surface area contributed by atoms with E-state index in [2.05, 4.69) is 19.2 Å². The predicted molar refractivity (Wildman–Crippen MR) is 69.9 cm³/mol. The molecule has 1 saturated carbocycles. The minimum Gasteiger partial charge on any atom is -0.303 e. The number of hydrogen-bond donors (Lipinski definition) is 1. The molecule has 2 rings (SSSR count). The second kappa shape index (κ2) is 5.39. The molecule has 1 unspecified atom stereocenters. The average Bonchev–Trinajstić information content (AvgIpc) is 2.58. The fourth-order valence-corrected chi connectivity index (χ4v) is 3.12. The van der Waals surface area contributed by atoms with Gasteiger partial charge in [0.05, 0.1) is 12.5 Å². The van der Waals surface area contributed by atoms with Crippen LogP contribution in [0.4, 0.5) is 0 Å². The van der Waals surface area contributed by atoms with Crippen molar-refractivity contribution in [1.29, 1.82) is 0 Å². The minimum atomic E-state index is -0.275. The summed E-state index contributed by atoms with van der Waals surface area (Å²) in [7, 11) is 1.57. The van der Waals surface area contributed by atoms with E-state index < -0.39 is 0 Å². The highest BCUT2D eigenvalue weighted by Crippen LogP contribution is 2.30. The van der Waals surface area contributed by atoms with Crippen molar-refractivity contribution in [2.24, 2.45) is 11.8 Å². The van der Waals surface area contributed by atoms with Crippen LogP contribution in [0.25, 0.3) is 0 Å². The van der Waals surface area contributed by atoms with Gasteiger partial charge in [0, 0.05) is 13.1 Å². The Kier molecular flexibility index (Phi) is 4.05. The van der Waals surface area contributed by atoms with Gasteiger partial charge in [0.15, 0.2) is 0 Å². The molecule has 2 amide bonds. The van der Waals surface area contributed by atoms with Crippen LogP contribution >= 0.6 is 0 Å². The number of likely N-dealkylation sites (tertiary alicyclic amines) is 1. The smallest absolute Gasteiger partial charge is 0.246 e. The molecule has 1 N–H and O–H groups in total. The van der Waals surface area contributed by atoms with Crippen molar-refractivity contribution in [2.75, 3.05) is 7.05 Å². The Balaban J connectivity index is 1.82. The summed E-state index contributed by atoms with van der Waals surface area (Å²) in [6.07, 6.45) is 5.06. The zero-order valence-electron chi connectivity index (χ0n) is 11.6. The van der Waals surface area contributed by atoms with Crippen LogP contribution in [0.2, 0.25) is 0 Å². The quantitative estimate of drug-likeness (QED) is 0.775. The van der Waals surface area contributed by atoms with E-state index in [0.29, 0.717) is 12.5 Å². The van der Waals surface area contributed by atoms with Crippen molar-refractivity contribution in [3.63, 3.8) is 0 Å². The Morgan fingerprint density at radius 3 is 2.22 bits per heavy atom. The maximum Gasteiger partial charge on any atom is 0.246 e. The molecule has 0 aromatic rings. The third kappa shape index (κ3) is 2.74. The molecule has 0 bridgehead atoms. The molecule has 4 heteroatoms. The number of carbonyl (C=O) groups excluding carboxylic acids is 2. The number of likely N-dealkylation sites (N-methyl/N-ethyl adjacent to an activating group) is 1. The van der Waals surface area contributed by atoms with Gasteiger partial charge in [-0.05, 0) is 37.5 Å². The van der Waals surface area contributed by atoms with Gasteiger partial charge in [0.2, 0.25) is 11.8 Å². The van der Waals surface area contributed by atoms with Crippen LogP contribution in [-0.4, -0.2) is 35.8 Å². The molecule has 1 saturated heterocycles. The van der Waals surface area contributed by atoms with Gasteiger partial charge in [-0.25, -0.2) is 0 Å². The van der Waals surface area contributed by atoms with Gasteiger partial charge in [-0.1, -0.05) is 13.8 Å². The summed E-state index contributed by atoms with van der Waals surface area (Å²) in [4.78, 5) is 24.5. The number of nitrogens with one attached hydrogen (secondary N) is 1. The largest absolute Gasteiger partial charge is 0.303 e. The Morgan fingerprint density at radius 1 is 1.17 bits per heavy atom. The first-order chi connectivity index (χ1) is 8.49. The Morgan fingerprint density at radius 2 is 1.78 bits per heavy atom. The number of nitrogens with zero attached hydrogens (tertiary/aromatic N) is 1. The summed E-state index contributed by atoms with van der Waals surface area (Å²) in [6.45, 7) is 4.57. The molecule has 2 fully saturated rings. The first-order valence-electron chi connectivity index (χ1n) is 7.05.